The molecule has 0 aliphatic carbocycles. The molecule has 0 saturated carbocycles. The number of aliphatic hydroxyl groups excluding tert-OH is 1. The second-order valence-corrected chi connectivity index (χ2v) is 5.82. The van der Waals surface area contributed by atoms with Crippen molar-refractivity contribution in [2.45, 2.75) is 25.4 Å². The zero-order chi connectivity index (χ0) is 16.5. The number of hydrogen-bond donors (Lipinski definition) is 2. The highest BCUT2D eigenvalue weighted by atomic mass is 16.6. The summed E-state index contributed by atoms with van der Waals surface area (Å²) < 4.78 is 4.81. The van der Waals surface area contributed by atoms with Crippen molar-refractivity contribution in [2.75, 3.05) is 44.2 Å². The van der Waals surface area contributed by atoms with Crippen LogP contribution in [0.1, 0.15) is 19.3 Å². The van der Waals surface area contributed by atoms with E-state index in [4.69, 9.17) is 10.5 Å². The minimum atomic E-state index is -0.249. The van der Waals surface area contributed by atoms with Crippen molar-refractivity contribution in [3.63, 3.8) is 0 Å². The van der Waals surface area contributed by atoms with Crippen LogP contribution in [-0.2, 0) is 4.74 Å². The number of rotatable bonds is 4. The van der Waals surface area contributed by atoms with Gasteiger partial charge in [0.25, 0.3) is 0 Å². The Morgan fingerprint density at radius 2 is 1.87 bits per heavy atom. The molecule has 0 bridgehead atoms. The fourth-order valence-electron chi connectivity index (χ4n) is 2.69. The molecular formula is C17H27N3O3. The van der Waals surface area contributed by atoms with Gasteiger partial charge in [-0.15, -0.1) is 0 Å². The lowest BCUT2D eigenvalue weighted by molar-refractivity contribution is 0.0824. The van der Waals surface area contributed by atoms with E-state index in [1.165, 1.54) is 0 Å². The summed E-state index contributed by atoms with van der Waals surface area (Å²) in [5.41, 5.74) is 6.30. The quantitative estimate of drug-likeness (QED) is 0.877. The summed E-state index contributed by atoms with van der Waals surface area (Å²) in [5.74, 6) is 0. The first kappa shape index (κ1) is 17.7. The Hall–Kier alpha value is -1.63. The molecule has 3 rings (SSSR count). The number of benzene rings is 1. The normalized spacial score (nSPS) is 19.2. The van der Waals surface area contributed by atoms with Crippen LogP contribution in [0.25, 0.3) is 0 Å². The standard InChI is InChI=1S/C9H9NO2.C8H18N2O/c11-9-10(6-7-12-9)8-4-2-1-3-5-8;9-4-1-5-10-6-2-8(11)3-7-10/h1-5H,6-7H2;8,11H,1-7,9H2. The van der Waals surface area contributed by atoms with E-state index in [2.05, 4.69) is 4.90 Å². The summed E-state index contributed by atoms with van der Waals surface area (Å²) in [6.45, 7) is 5.11. The molecule has 0 spiro atoms. The number of nitrogens with zero attached hydrogens (tertiary/aromatic N) is 2. The van der Waals surface area contributed by atoms with Crippen molar-refractivity contribution >= 4 is 11.8 Å². The first-order chi connectivity index (χ1) is 11.2. The third kappa shape index (κ3) is 5.82. The second-order valence-electron chi connectivity index (χ2n) is 5.82. The number of aliphatic hydroxyl groups is 1. The van der Waals surface area contributed by atoms with Gasteiger partial charge < -0.3 is 20.5 Å². The van der Waals surface area contributed by atoms with Crippen LogP contribution < -0.4 is 10.6 Å². The third-order valence-corrected chi connectivity index (χ3v) is 4.06. The Labute approximate surface area is 137 Å². The van der Waals surface area contributed by atoms with Gasteiger partial charge in [-0.25, -0.2) is 4.79 Å². The Balaban J connectivity index is 0.000000168. The summed E-state index contributed by atoms with van der Waals surface area (Å²) in [4.78, 5) is 15.1. The van der Waals surface area contributed by atoms with Crippen LogP contribution in [-0.4, -0.2) is 61.5 Å². The highest BCUT2D eigenvalue weighted by Gasteiger charge is 2.22. The lowest BCUT2D eigenvalue weighted by Gasteiger charge is -2.29. The van der Waals surface area contributed by atoms with Crippen molar-refractivity contribution in [1.82, 2.24) is 4.90 Å². The molecule has 2 fully saturated rings. The molecule has 0 radical (unpaired) electrons. The van der Waals surface area contributed by atoms with Crippen LogP contribution in [0.15, 0.2) is 30.3 Å². The monoisotopic (exact) mass is 321 g/mol. The number of carbonyl (C=O) groups excluding carboxylic acids is 1. The van der Waals surface area contributed by atoms with Gasteiger partial charge in [-0.2, -0.15) is 0 Å². The van der Waals surface area contributed by atoms with E-state index in [1.807, 2.05) is 30.3 Å². The zero-order valence-electron chi connectivity index (χ0n) is 13.6. The van der Waals surface area contributed by atoms with Gasteiger partial charge in [-0.3, -0.25) is 4.90 Å². The molecule has 2 aliphatic rings. The van der Waals surface area contributed by atoms with E-state index in [9.17, 15) is 9.90 Å². The van der Waals surface area contributed by atoms with Crippen LogP contribution in [0.5, 0.6) is 0 Å². The van der Waals surface area contributed by atoms with Crippen LogP contribution in [0.2, 0.25) is 0 Å². The number of hydrogen-bond acceptors (Lipinski definition) is 5. The predicted molar refractivity (Wildman–Crippen MR) is 90.5 cm³/mol. The maximum Gasteiger partial charge on any atom is 0.414 e. The number of anilines is 1. The highest BCUT2D eigenvalue weighted by molar-refractivity contribution is 5.89. The number of nitrogens with two attached hydrogens (primary N) is 1. The van der Waals surface area contributed by atoms with Crippen molar-refractivity contribution in [1.29, 1.82) is 0 Å². The first-order valence-electron chi connectivity index (χ1n) is 8.30. The Morgan fingerprint density at radius 3 is 2.43 bits per heavy atom. The van der Waals surface area contributed by atoms with E-state index in [1.54, 1.807) is 4.90 Å². The van der Waals surface area contributed by atoms with E-state index < -0.39 is 0 Å². The molecule has 1 aromatic rings. The molecule has 1 amide bonds. The summed E-state index contributed by atoms with van der Waals surface area (Å²) in [7, 11) is 0. The summed E-state index contributed by atoms with van der Waals surface area (Å²) in [6.07, 6.45) is 2.65. The van der Waals surface area contributed by atoms with Gasteiger partial charge >= 0.3 is 6.09 Å². The Bertz CT molecular complexity index is 459. The maximum atomic E-state index is 11.1. The van der Waals surface area contributed by atoms with Gasteiger partial charge in [-0.05, 0) is 44.5 Å². The third-order valence-electron chi connectivity index (χ3n) is 4.06. The molecule has 0 aromatic heterocycles. The number of para-hydroxylation sites is 1. The largest absolute Gasteiger partial charge is 0.447 e. The van der Waals surface area contributed by atoms with Crippen LogP contribution >= 0.6 is 0 Å². The molecule has 2 saturated heterocycles. The first-order valence-corrected chi connectivity index (χ1v) is 8.30. The lowest BCUT2D eigenvalue weighted by atomic mass is 10.1. The highest BCUT2D eigenvalue weighted by Crippen LogP contribution is 2.17. The summed E-state index contributed by atoms with van der Waals surface area (Å²) in [5, 5.41) is 9.20. The van der Waals surface area contributed by atoms with Crippen LogP contribution in [0.3, 0.4) is 0 Å². The Morgan fingerprint density at radius 1 is 1.17 bits per heavy atom. The molecule has 3 N–H and O–H groups in total. The van der Waals surface area contributed by atoms with Gasteiger partial charge in [0.05, 0.1) is 12.6 Å². The zero-order valence-corrected chi connectivity index (χ0v) is 13.6. The molecule has 23 heavy (non-hydrogen) atoms. The van der Waals surface area contributed by atoms with Gasteiger partial charge in [0.15, 0.2) is 0 Å². The predicted octanol–water partition coefficient (Wildman–Crippen LogP) is 1.44. The summed E-state index contributed by atoms with van der Waals surface area (Å²) in [6, 6.07) is 9.52. The van der Waals surface area contributed by atoms with Crippen LogP contribution in [0.4, 0.5) is 10.5 Å². The number of piperidine rings is 1. The van der Waals surface area contributed by atoms with Crippen molar-refractivity contribution in [3.8, 4) is 0 Å². The van der Waals surface area contributed by atoms with E-state index in [-0.39, 0.29) is 12.2 Å². The molecule has 6 heteroatoms. The topological polar surface area (TPSA) is 79.0 Å². The second kappa shape index (κ2) is 9.50. The van der Waals surface area contributed by atoms with Gasteiger partial charge in [-0.1, -0.05) is 18.2 Å². The van der Waals surface area contributed by atoms with Gasteiger partial charge in [0.1, 0.15) is 6.61 Å². The minimum absolute atomic E-state index is 0.0517. The van der Waals surface area contributed by atoms with Crippen LogP contribution in [0, 0.1) is 0 Å². The molecule has 0 atom stereocenters. The average Bonchev–Trinajstić information content (AvgIpc) is 3.02. The number of amides is 1. The van der Waals surface area contributed by atoms with E-state index in [0.717, 1.165) is 51.1 Å². The molecule has 6 nitrogen and oxygen atoms in total. The minimum Gasteiger partial charge on any atom is -0.447 e. The molecule has 2 aliphatic heterocycles. The van der Waals surface area contributed by atoms with Crippen molar-refractivity contribution < 1.29 is 14.6 Å². The van der Waals surface area contributed by atoms with E-state index in [0.29, 0.717) is 13.2 Å². The van der Waals surface area contributed by atoms with Gasteiger partial charge in [0, 0.05) is 18.8 Å². The number of carbonyl (C=O) groups is 1. The fourth-order valence-corrected chi connectivity index (χ4v) is 2.69. The summed E-state index contributed by atoms with van der Waals surface area (Å²) >= 11 is 0. The molecule has 1 aromatic carbocycles. The number of cyclic esters (lactones) is 1. The molecule has 0 unspecified atom stereocenters. The maximum absolute atomic E-state index is 11.1. The smallest absolute Gasteiger partial charge is 0.414 e. The molecule has 2 heterocycles. The fraction of sp³-hybridized carbons (Fsp3) is 0.588. The van der Waals surface area contributed by atoms with E-state index >= 15 is 0 Å². The van der Waals surface area contributed by atoms with Crippen molar-refractivity contribution in [3.05, 3.63) is 30.3 Å². The number of likely N-dealkylation sites (tertiary alicyclic amines) is 1. The van der Waals surface area contributed by atoms with Gasteiger partial charge in [0.2, 0.25) is 0 Å². The van der Waals surface area contributed by atoms with Crippen molar-refractivity contribution in [2.24, 2.45) is 5.73 Å². The Kier molecular flexibility index (Phi) is 7.32. The number of ether oxygens (including phenoxy) is 1. The molecule has 128 valence electrons. The SMILES string of the molecule is NCCCN1CCC(O)CC1.O=C1OCCN1c1ccccc1. The lowest BCUT2D eigenvalue weighted by Crippen LogP contribution is -2.36. The molecular weight excluding hydrogens is 294 g/mol. The average molecular weight is 321 g/mol.